The van der Waals surface area contributed by atoms with Crippen molar-refractivity contribution in [1.82, 2.24) is 0 Å². The summed E-state index contributed by atoms with van der Waals surface area (Å²) in [5.41, 5.74) is -0.250. The lowest BCUT2D eigenvalue weighted by Gasteiger charge is -2.15. The molecule has 12 heavy (non-hydrogen) atoms. The Morgan fingerprint density at radius 2 is 1.75 bits per heavy atom. The maximum Gasteiger partial charge on any atom is 0.311 e. The molecule has 0 amide bonds. The predicted octanol–water partition coefficient (Wildman–Crippen LogP) is 3.11. The molecule has 76 valence electrons. The van der Waals surface area contributed by atoms with E-state index in [0.717, 1.165) is 0 Å². The van der Waals surface area contributed by atoms with Crippen molar-refractivity contribution < 1.29 is 9.53 Å². The summed E-state index contributed by atoms with van der Waals surface area (Å²) in [6.45, 7) is 6.47. The number of hydrogen-bond donors (Lipinski definition) is 0. The molecule has 1 aliphatic rings. The fourth-order valence-corrected chi connectivity index (χ4v) is 0.796. The van der Waals surface area contributed by atoms with Crippen LogP contribution in [0, 0.1) is 11.3 Å². The molecule has 0 aliphatic carbocycles. The van der Waals surface area contributed by atoms with E-state index in [1.807, 2.05) is 20.8 Å². The van der Waals surface area contributed by atoms with Gasteiger partial charge in [0.2, 0.25) is 0 Å². The maximum atomic E-state index is 10.9. The van der Waals surface area contributed by atoms with Gasteiger partial charge in [-0.1, -0.05) is 29.2 Å². The van der Waals surface area contributed by atoms with Crippen molar-refractivity contribution in [3.05, 3.63) is 0 Å². The number of carbonyl (C=O) groups excluding carboxylic acids is 1. The zero-order chi connectivity index (χ0) is 7.07. The fourth-order valence-electron chi connectivity index (χ4n) is 0.796. The summed E-state index contributed by atoms with van der Waals surface area (Å²) in [7, 11) is 0. The van der Waals surface area contributed by atoms with Gasteiger partial charge in [0.15, 0.2) is 0 Å². The molecule has 0 aromatic rings. The smallest absolute Gasteiger partial charge is 0.311 e. The van der Waals surface area contributed by atoms with Crippen molar-refractivity contribution in [2.24, 2.45) is 11.3 Å². The molecular weight excluding hydrogens is 152 g/mol. The summed E-state index contributed by atoms with van der Waals surface area (Å²) in [6.07, 6.45) is 0. The number of esters is 1. The second-order valence-corrected chi connectivity index (χ2v) is 3.22. The van der Waals surface area contributed by atoms with Gasteiger partial charge in [0.05, 0.1) is 12.0 Å². The van der Waals surface area contributed by atoms with Gasteiger partial charge in [-0.2, -0.15) is 0 Å². The second-order valence-electron chi connectivity index (χ2n) is 3.22. The van der Waals surface area contributed by atoms with Crippen LogP contribution in [-0.2, 0) is 9.53 Å². The molecule has 0 radical (unpaired) electrons. The first-order chi connectivity index (χ1) is 4.05. The monoisotopic (exact) mass is 176 g/mol. The van der Waals surface area contributed by atoms with Crippen molar-refractivity contribution in [3.8, 4) is 0 Å². The fraction of sp³-hybridized carbons (Fsp3) is 0.900. The SMILES string of the molecule is C.C.C.CC1COC(=O)C1(C)C. The Labute approximate surface area is 77.3 Å². The van der Waals surface area contributed by atoms with Crippen LogP contribution in [0.3, 0.4) is 0 Å². The summed E-state index contributed by atoms with van der Waals surface area (Å²) in [5.74, 6) is 0.306. The average molecular weight is 176 g/mol. The molecule has 1 rings (SSSR count). The zero-order valence-electron chi connectivity index (χ0n) is 6.10. The van der Waals surface area contributed by atoms with Gasteiger partial charge in [0, 0.05) is 5.92 Å². The van der Waals surface area contributed by atoms with E-state index >= 15 is 0 Å². The van der Waals surface area contributed by atoms with Crippen LogP contribution in [-0.4, -0.2) is 12.6 Å². The van der Waals surface area contributed by atoms with Gasteiger partial charge in [-0.25, -0.2) is 0 Å². The maximum absolute atomic E-state index is 10.9. The molecular formula is C10H24O2. The van der Waals surface area contributed by atoms with Crippen LogP contribution in [0.2, 0.25) is 0 Å². The molecule has 1 fully saturated rings. The summed E-state index contributed by atoms with van der Waals surface area (Å²) in [6, 6.07) is 0. The number of rotatable bonds is 0. The molecule has 0 aromatic heterocycles. The van der Waals surface area contributed by atoms with Crippen LogP contribution >= 0.6 is 0 Å². The van der Waals surface area contributed by atoms with E-state index in [0.29, 0.717) is 12.5 Å². The van der Waals surface area contributed by atoms with Crippen molar-refractivity contribution in [2.75, 3.05) is 6.61 Å². The zero-order valence-corrected chi connectivity index (χ0v) is 6.10. The lowest BCUT2D eigenvalue weighted by molar-refractivity contribution is -0.144. The van der Waals surface area contributed by atoms with Crippen molar-refractivity contribution in [3.63, 3.8) is 0 Å². The van der Waals surface area contributed by atoms with Gasteiger partial charge in [-0.15, -0.1) is 0 Å². The second kappa shape index (κ2) is 5.18. The van der Waals surface area contributed by atoms with Crippen LogP contribution in [0.5, 0.6) is 0 Å². The third-order valence-electron chi connectivity index (χ3n) is 2.22. The Morgan fingerprint density at radius 1 is 1.33 bits per heavy atom. The first-order valence-electron chi connectivity index (χ1n) is 3.22. The minimum Gasteiger partial charge on any atom is -0.465 e. The summed E-state index contributed by atoms with van der Waals surface area (Å²) in [5, 5.41) is 0. The number of hydrogen-bond acceptors (Lipinski definition) is 2. The number of ether oxygens (including phenoxy) is 1. The van der Waals surface area contributed by atoms with Gasteiger partial charge in [-0.3, -0.25) is 4.79 Å². The molecule has 0 spiro atoms. The summed E-state index contributed by atoms with van der Waals surface area (Å²) in [4.78, 5) is 10.9. The topological polar surface area (TPSA) is 26.3 Å². The van der Waals surface area contributed by atoms with Gasteiger partial charge in [0.1, 0.15) is 0 Å². The standard InChI is InChI=1S/C7H12O2.3CH4/c1-5-4-9-6(8)7(5,2)3;;;/h5H,4H2,1-3H3;3*1H4. The van der Waals surface area contributed by atoms with Crippen LogP contribution < -0.4 is 0 Å². The Kier molecular flexibility index (Phi) is 7.56. The van der Waals surface area contributed by atoms with E-state index in [4.69, 9.17) is 4.74 Å². The Morgan fingerprint density at radius 3 is 1.83 bits per heavy atom. The Hall–Kier alpha value is -0.530. The van der Waals surface area contributed by atoms with E-state index in [9.17, 15) is 4.79 Å². The molecule has 0 saturated carbocycles. The summed E-state index contributed by atoms with van der Waals surface area (Å²) >= 11 is 0. The van der Waals surface area contributed by atoms with Gasteiger partial charge >= 0.3 is 5.97 Å². The highest BCUT2D eigenvalue weighted by Crippen LogP contribution is 2.33. The summed E-state index contributed by atoms with van der Waals surface area (Å²) < 4.78 is 4.84. The van der Waals surface area contributed by atoms with Crippen LogP contribution in [0.4, 0.5) is 0 Å². The normalized spacial score (nSPS) is 24.2. The minimum absolute atomic E-state index is 0. The average Bonchev–Trinajstić information content (AvgIpc) is 1.96. The van der Waals surface area contributed by atoms with E-state index in [1.165, 1.54) is 0 Å². The minimum atomic E-state index is -0.250. The van der Waals surface area contributed by atoms with E-state index in [-0.39, 0.29) is 33.7 Å². The van der Waals surface area contributed by atoms with Crippen molar-refractivity contribution in [1.29, 1.82) is 0 Å². The highest BCUT2D eigenvalue weighted by Gasteiger charge is 2.41. The number of carbonyl (C=O) groups is 1. The molecule has 1 heterocycles. The molecule has 2 heteroatoms. The third kappa shape index (κ3) is 2.50. The molecule has 1 atom stereocenters. The molecule has 0 aromatic carbocycles. The van der Waals surface area contributed by atoms with Crippen molar-refractivity contribution in [2.45, 2.75) is 43.1 Å². The Balaban J connectivity index is -0.000000270. The molecule has 0 bridgehead atoms. The van der Waals surface area contributed by atoms with Crippen molar-refractivity contribution >= 4 is 5.97 Å². The molecule has 1 aliphatic heterocycles. The lowest BCUT2D eigenvalue weighted by atomic mass is 9.83. The molecule has 0 N–H and O–H groups in total. The quantitative estimate of drug-likeness (QED) is 0.530. The van der Waals surface area contributed by atoms with E-state index in [2.05, 4.69) is 0 Å². The predicted molar refractivity (Wildman–Crippen MR) is 54.1 cm³/mol. The van der Waals surface area contributed by atoms with Gasteiger partial charge in [0.25, 0.3) is 0 Å². The first kappa shape index (κ1) is 17.5. The Bertz CT molecular complexity index is 139. The molecule has 1 saturated heterocycles. The van der Waals surface area contributed by atoms with Gasteiger partial charge in [-0.05, 0) is 13.8 Å². The van der Waals surface area contributed by atoms with E-state index < -0.39 is 0 Å². The van der Waals surface area contributed by atoms with E-state index in [1.54, 1.807) is 0 Å². The largest absolute Gasteiger partial charge is 0.465 e. The van der Waals surface area contributed by atoms with Crippen LogP contribution in [0.25, 0.3) is 0 Å². The third-order valence-corrected chi connectivity index (χ3v) is 2.22. The highest BCUT2D eigenvalue weighted by molar-refractivity contribution is 5.78. The molecule has 1 unspecified atom stereocenters. The lowest BCUT2D eigenvalue weighted by Crippen LogP contribution is -2.23. The highest BCUT2D eigenvalue weighted by atomic mass is 16.5. The van der Waals surface area contributed by atoms with Crippen LogP contribution in [0.1, 0.15) is 43.1 Å². The first-order valence-corrected chi connectivity index (χ1v) is 3.22. The van der Waals surface area contributed by atoms with Gasteiger partial charge < -0.3 is 4.74 Å². The van der Waals surface area contributed by atoms with Crippen LogP contribution in [0.15, 0.2) is 0 Å². The molecule has 2 nitrogen and oxygen atoms in total. The number of cyclic esters (lactones) is 1.